The molecular formula is C29H26ClN3O8S2. The van der Waals surface area contributed by atoms with Crippen molar-refractivity contribution < 1.29 is 35.8 Å². The number of benzene rings is 4. The van der Waals surface area contributed by atoms with Crippen LogP contribution >= 0.6 is 11.6 Å². The van der Waals surface area contributed by atoms with Crippen molar-refractivity contribution in [3.63, 3.8) is 0 Å². The molecule has 0 bridgehead atoms. The number of rotatable bonds is 9. The molecule has 224 valence electrons. The third kappa shape index (κ3) is 6.33. The summed E-state index contributed by atoms with van der Waals surface area (Å²) in [6.07, 6.45) is -1.20. The summed E-state index contributed by atoms with van der Waals surface area (Å²) >= 11 is 5.94. The standard InChI is InChI=1S/C29H26ClN3O8S2/c1-39-21-11-16-24(27(17-21)40-2)32-42(35,36)22-14-9-20(10-15-22)31-29(34)28-18-33(25-5-3-4-6-26(25)41-28)43(37,38)23-12-7-19(30)8-13-23/h3-17,28,32H,18H2,1-2H3,(H,31,34)/t28-/m1/s1. The molecule has 1 aliphatic heterocycles. The minimum absolute atomic E-state index is 0.00503. The van der Waals surface area contributed by atoms with Crippen LogP contribution in [0.25, 0.3) is 0 Å². The summed E-state index contributed by atoms with van der Waals surface area (Å²) in [7, 11) is -5.18. The molecule has 1 aliphatic rings. The number of nitrogens with one attached hydrogen (secondary N) is 2. The number of halogens is 1. The van der Waals surface area contributed by atoms with Gasteiger partial charge in [-0.3, -0.25) is 13.8 Å². The van der Waals surface area contributed by atoms with Crippen molar-refractivity contribution >= 4 is 54.6 Å². The highest BCUT2D eigenvalue weighted by molar-refractivity contribution is 7.93. The van der Waals surface area contributed by atoms with Gasteiger partial charge in [-0.25, -0.2) is 16.8 Å². The first-order chi connectivity index (χ1) is 20.5. The first kappa shape index (κ1) is 30.0. The van der Waals surface area contributed by atoms with Crippen LogP contribution in [0, 0.1) is 0 Å². The predicted octanol–water partition coefficient (Wildman–Crippen LogP) is 4.75. The Bertz CT molecular complexity index is 1870. The molecule has 1 heterocycles. The summed E-state index contributed by atoms with van der Waals surface area (Å²) in [5, 5.41) is 3.05. The quantitative estimate of drug-likeness (QED) is 0.266. The van der Waals surface area contributed by atoms with E-state index in [-0.39, 0.29) is 44.9 Å². The van der Waals surface area contributed by atoms with Gasteiger partial charge in [0.15, 0.2) is 6.10 Å². The van der Waals surface area contributed by atoms with Crippen molar-refractivity contribution in [2.24, 2.45) is 0 Å². The number of amides is 1. The molecule has 0 saturated heterocycles. The average molecular weight is 644 g/mol. The third-order valence-corrected chi connectivity index (χ3v) is 9.94. The largest absolute Gasteiger partial charge is 0.497 e. The topological polar surface area (TPSA) is 140 Å². The van der Waals surface area contributed by atoms with Crippen molar-refractivity contribution in [2.75, 3.05) is 35.1 Å². The van der Waals surface area contributed by atoms with Gasteiger partial charge in [-0.15, -0.1) is 0 Å². The highest BCUT2D eigenvalue weighted by Gasteiger charge is 2.37. The van der Waals surface area contributed by atoms with Crippen LogP contribution < -0.4 is 28.6 Å². The monoisotopic (exact) mass is 643 g/mol. The van der Waals surface area contributed by atoms with Crippen LogP contribution in [-0.2, 0) is 24.8 Å². The van der Waals surface area contributed by atoms with E-state index in [1.165, 1.54) is 68.8 Å². The molecule has 14 heteroatoms. The molecule has 0 unspecified atom stereocenters. The lowest BCUT2D eigenvalue weighted by Gasteiger charge is -2.34. The van der Waals surface area contributed by atoms with Gasteiger partial charge >= 0.3 is 0 Å². The van der Waals surface area contributed by atoms with E-state index >= 15 is 0 Å². The molecule has 11 nitrogen and oxygen atoms in total. The molecule has 4 aromatic rings. The predicted molar refractivity (Wildman–Crippen MR) is 162 cm³/mol. The number of ether oxygens (including phenoxy) is 3. The fraction of sp³-hybridized carbons (Fsp3) is 0.138. The Kier molecular flexibility index (Phi) is 8.40. The van der Waals surface area contributed by atoms with Crippen molar-refractivity contribution in [2.45, 2.75) is 15.9 Å². The van der Waals surface area contributed by atoms with Crippen LogP contribution in [-0.4, -0.2) is 49.6 Å². The SMILES string of the molecule is COc1ccc(NS(=O)(=O)c2ccc(NC(=O)[C@H]3CN(S(=O)(=O)c4ccc(Cl)cc4)c4ccccc4O3)cc2)c(OC)c1. The molecule has 5 rings (SSSR count). The van der Waals surface area contributed by atoms with Gasteiger partial charge in [0, 0.05) is 16.8 Å². The molecule has 0 aliphatic carbocycles. The summed E-state index contributed by atoms with van der Waals surface area (Å²) in [5.41, 5.74) is 0.783. The maximum Gasteiger partial charge on any atom is 0.267 e. The number of sulfonamides is 2. The van der Waals surface area contributed by atoms with Gasteiger partial charge < -0.3 is 19.5 Å². The number of carbonyl (C=O) groups excluding carboxylic acids is 1. The van der Waals surface area contributed by atoms with E-state index in [2.05, 4.69) is 10.0 Å². The van der Waals surface area contributed by atoms with E-state index in [1.807, 2.05) is 0 Å². The van der Waals surface area contributed by atoms with E-state index in [1.54, 1.807) is 36.4 Å². The number of methoxy groups -OCH3 is 2. The average Bonchev–Trinajstić information content (AvgIpc) is 3.01. The Morgan fingerprint density at radius 2 is 1.56 bits per heavy atom. The van der Waals surface area contributed by atoms with Gasteiger partial charge in [0.2, 0.25) is 0 Å². The Morgan fingerprint density at radius 3 is 2.23 bits per heavy atom. The number of hydrogen-bond acceptors (Lipinski definition) is 8. The van der Waals surface area contributed by atoms with E-state index in [0.717, 1.165) is 4.31 Å². The van der Waals surface area contributed by atoms with E-state index < -0.39 is 32.1 Å². The molecule has 2 N–H and O–H groups in total. The maximum atomic E-state index is 13.5. The first-order valence-electron chi connectivity index (χ1n) is 12.7. The summed E-state index contributed by atoms with van der Waals surface area (Å²) in [5.74, 6) is 0.361. The highest BCUT2D eigenvalue weighted by atomic mass is 35.5. The number of fused-ring (bicyclic) bond motifs is 1. The second kappa shape index (κ2) is 12.0. The van der Waals surface area contributed by atoms with Crippen molar-refractivity contribution in [1.82, 2.24) is 0 Å². The third-order valence-electron chi connectivity index (χ3n) is 6.51. The van der Waals surface area contributed by atoms with Crippen LogP contribution in [0.2, 0.25) is 5.02 Å². The summed E-state index contributed by atoms with van der Waals surface area (Å²) in [6.45, 7) is -0.298. The van der Waals surface area contributed by atoms with Crippen molar-refractivity contribution in [3.05, 3.63) is 96.0 Å². The lowest BCUT2D eigenvalue weighted by atomic mass is 10.2. The molecule has 1 amide bonds. The number of anilines is 3. The maximum absolute atomic E-state index is 13.5. The molecule has 4 aromatic carbocycles. The molecule has 1 atom stereocenters. The number of para-hydroxylation sites is 2. The van der Waals surface area contributed by atoms with E-state index in [0.29, 0.717) is 10.8 Å². The number of hydrogen-bond donors (Lipinski definition) is 2. The normalized spacial score (nSPS) is 14.7. The highest BCUT2D eigenvalue weighted by Crippen LogP contribution is 2.37. The van der Waals surface area contributed by atoms with Crippen LogP contribution in [0.3, 0.4) is 0 Å². The van der Waals surface area contributed by atoms with Crippen LogP contribution in [0.5, 0.6) is 17.2 Å². The lowest BCUT2D eigenvalue weighted by molar-refractivity contribution is -0.122. The van der Waals surface area contributed by atoms with Crippen molar-refractivity contribution in [1.29, 1.82) is 0 Å². The summed E-state index contributed by atoms with van der Waals surface area (Å²) in [6, 6.07) is 22.3. The molecular weight excluding hydrogens is 618 g/mol. The molecule has 0 fully saturated rings. The second-order valence-electron chi connectivity index (χ2n) is 9.25. The van der Waals surface area contributed by atoms with Crippen molar-refractivity contribution in [3.8, 4) is 17.2 Å². The smallest absolute Gasteiger partial charge is 0.267 e. The molecule has 0 aromatic heterocycles. The lowest BCUT2D eigenvalue weighted by Crippen LogP contribution is -2.48. The second-order valence-corrected chi connectivity index (χ2v) is 13.2. The zero-order chi connectivity index (χ0) is 30.8. The van der Waals surface area contributed by atoms with E-state index in [4.69, 9.17) is 25.8 Å². The molecule has 43 heavy (non-hydrogen) atoms. The Morgan fingerprint density at radius 1 is 0.884 bits per heavy atom. The van der Waals surface area contributed by atoms with Gasteiger partial charge in [0.1, 0.15) is 17.2 Å². The van der Waals surface area contributed by atoms with Gasteiger partial charge in [-0.2, -0.15) is 0 Å². The zero-order valence-corrected chi connectivity index (χ0v) is 25.2. The van der Waals surface area contributed by atoms with Gasteiger partial charge in [-0.05, 0) is 72.8 Å². The minimum atomic E-state index is -4.06. The first-order valence-corrected chi connectivity index (χ1v) is 16.0. The zero-order valence-electron chi connectivity index (χ0n) is 22.9. The van der Waals surface area contributed by atoms with Crippen LogP contribution in [0.1, 0.15) is 0 Å². The molecule has 0 spiro atoms. The van der Waals surface area contributed by atoms with E-state index in [9.17, 15) is 21.6 Å². The summed E-state index contributed by atoms with van der Waals surface area (Å²) in [4.78, 5) is 13.2. The van der Waals surface area contributed by atoms with Crippen LogP contribution in [0.15, 0.2) is 101 Å². The summed E-state index contributed by atoms with van der Waals surface area (Å²) < 4.78 is 73.0. The molecule has 0 radical (unpaired) electrons. The molecule has 0 saturated carbocycles. The van der Waals surface area contributed by atoms with Gasteiger partial charge in [0.05, 0.1) is 41.9 Å². The number of carbonyl (C=O) groups is 1. The van der Waals surface area contributed by atoms with Gasteiger partial charge in [-0.1, -0.05) is 23.7 Å². The number of nitrogens with zero attached hydrogens (tertiary/aromatic N) is 1. The van der Waals surface area contributed by atoms with Crippen LogP contribution in [0.4, 0.5) is 17.1 Å². The Balaban J connectivity index is 1.33. The fourth-order valence-corrected chi connectivity index (χ4v) is 7.00. The minimum Gasteiger partial charge on any atom is -0.497 e. The Hall–Kier alpha value is -4.46. The fourth-order valence-electron chi connectivity index (χ4n) is 4.33. The Labute approximate surface area is 254 Å². The van der Waals surface area contributed by atoms with Gasteiger partial charge in [0.25, 0.3) is 26.0 Å².